The van der Waals surface area contributed by atoms with Crippen LogP contribution in [0.3, 0.4) is 0 Å². The Bertz CT molecular complexity index is 653. The lowest BCUT2D eigenvalue weighted by atomic mass is 10.1. The lowest BCUT2D eigenvalue weighted by Crippen LogP contribution is -2.14. The van der Waals surface area contributed by atoms with Crippen molar-refractivity contribution < 1.29 is 9.18 Å². The maximum Gasteiger partial charge on any atom is 0.256 e. The molecule has 104 valence electrons. The molecule has 0 bridgehead atoms. The van der Waals surface area contributed by atoms with Crippen molar-refractivity contribution in [2.45, 2.75) is 20.4 Å². The number of hydrogen-bond donors (Lipinski definition) is 2. The van der Waals surface area contributed by atoms with Crippen LogP contribution in [0.4, 0.5) is 10.1 Å². The number of hydrogen-bond acceptors (Lipinski definition) is 2. The van der Waals surface area contributed by atoms with E-state index in [4.69, 9.17) is 5.73 Å². The van der Waals surface area contributed by atoms with Crippen molar-refractivity contribution in [1.82, 2.24) is 0 Å². The molecule has 0 aliphatic carbocycles. The van der Waals surface area contributed by atoms with E-state index in [1.54, 1.807) is 12.1 Å². The van der Waals surface area contributed by atoms with E-state index < -0.39 is 5.82 Å². The second kappa shape index (κ2) is 5.84. The first kappa shape index (κ1) is 14.2. The molecule has 4 heteroatoms. The number of benzene rings is 2. The van der Waals surface area contributed by atoms with Gasteiger partial charge in [0, 0.05) is 12.1 Å². The first-order valence-corrected chi connectivity index (χ1v) is 6.38. The van der Waals surface area contributed by atoms with Gasteiger partial charge in [-0.25, -0.2) is 4.39 Å². The number of amides is 1. The Hall–Kier alpha value is -2.20. The highest BCUT2D eigenvalue weighted by molar-refractivity contribution is 6.05. The van der Waals surface area contributed by atoms with Gasteiger partial charge in [-0.1, -0.05) is 23.8 Å². The number of rotatable bonds is 3. The summed E-state index contributed by atoms with van der Waals surface area (Å²) in [5, 5.41) is 2.58. The number of carbonyl (C=O) groups excluding carboxylic acids is 1. The van der Waals surface area contributed by atoms with Crippen LogP contribution in [0.15, 0.2) is 36.4 Å². The molecule has 0 radical (unpaired) electrons. The third kappa shape index (κ3) is 3.03. The second-order valence-electron chi connectivity index (χ2n) is 4.79. The van der Waals surface area contributed by atoms with Crippen molar-refractivity contribution in [3.8, 4) is 0 Å². The lowest BCUT2D eigenvalue weighted by molar-refractivity contribution is 0.102. The summed E-state index contributed by atoms with van der Waals surface area (Å²) >= 11 is 0. The van der Waals surface area contributed by atoms with Crippen LogP contribution in [-0.2, 0) is 6.54 Å². The quantitative estimate of drug-likeness (QED) is 0.901. The van der Waals surface area contributed by atoms with Crippen molar-refractivity contribution >= 4 is 11.6 Å². The van der Waals surface area contributed by atoms with E-state index in [9.17, 15) is 9.18 Å². The van der Waals surface area contributed by atoms with Crippen LogP contribution in [0.5, 0.6) is 0 Å². The van der Waals surface area contributed by atoms with Crippen LogP contribution in [0.2, 0.25) is 0 Å². The SMILES string of the molecule is Cc1ccc(C(=O)Nc2ccc(CN)cc2F)c(C)c1. The molecule has 0 saturated heterocycles. The Balaban J connectivity index is 2.23. The number of halogens is 1. The Morgan fingerprint density at radius 3 is 2.55 bits per heavy atom. The number of anilines is 1. The molecule has 20 heavy (non-hydrogen) atoms. The van der Waals surface area contributed by atoms with Gasteiger partial charge in [-0.3, -0.25) is 4.79 Å². The van der Waals surface area contributed by atoms with Gasteiger partial charge in [-0.15, -0.1) is 0 Å². The van der Waals surface area contributed by atoms with Crippen LogP contribution < -0.4 is 11.1 Å². The minimum absolute atomic E-state index is 0.159. The van der Waals surface area contributed by atoms with Gasteiger partial charge in [0.25, 0.3) is 5.91 Å². The summed E-state index contributed by atoms with van der Waals surface area (Å²) in [6.45, 7) is 4.08. The van der Waals surface area contributed by atoms with Gasteiger partial charge in [0.1, 0.15) is 5.82 Å². The summed E-state index contributed by atoms with van der Waals surface area (Å²) in [7, 11) is 0. The average molecular weight is 272 g/mol. The van der Waals surface area contributed by atoms with Crippen LogP contribution in [-0.4, -0.2) is 5.91 Å². The predicted molar refractivity (Wildman–Crippen MR) is 78.2 cm³/mol. The summed E-state index contributed by atoms with van der Waals surface area (Å²) in [6, 6.07) is 10.1. The van der Waals surface area contributed by atoms with Gasteiger partial charge in [0.05, 0.1) is 5.69 Å². The van der Waals surface area contributed by atoms with Crippen molar-refractivity contribution in [2.24, 2.45) is 5.73 Å². The van der Waals surface area contributed by atoms with E-state index in [-0.39, 0.29) is 18.1 Å². The summed E-state index contributed by atoms with van der Waals surface area (Å²) in [5.74, 6) is -0.798. The zero-order valence-electron chi connectivity index (χ0n) is 11.5. The van der Waals surface area contributed by atoms with Gasteiger partial charge < -0.3 is 11.1 Å². The fourth-order valence-electron chi connectivity index (χ4n) is 2.04. The number of aryl methyl sites for hydroxylation is 2. The molecule has 0 saturated carbocycles. The summed E-state index contributed by atoms with van der Waals surface area (Å²) in [6.07, 6.45) is 0. The molecule has 1 amide bonds. The van der Waals surface area contributed by atoms with Crippen molar-refractivity contribution in [3.05, 3.63) is 64.5 Å². The van der Waals surface area contributed by atoms with E-state index in [0.717, 1.165) is 11.1 Å². The van der Waals surface area contributed by atoms with Crippen molar-refractivity contribution in [3.63, 3.8) is 0 Å². The first-order chi connectivity index (χ1) is 9.51. The molecule has 0 heterocycles. The number of carbonyl (C=O) groups is 1. The largest absolute Gasteiger partial charge is 0.326 e. The Morgan fingerprint density at radius 1 is 1.20 bits per heavy atom. The molecule has 0 spiro atoms. The molecule has 0 atom stereocenters. The predicted octanol–water partition coefficient (Wildman–Crippen LogP) is 3.15. The summed E-state index contributed by atoms with van der Waals surface area (Å²) in [5.41, 5.74) is 8.77. The Kier molecular flexibility index (Phi) is 4.15. The van der Waals surface area contributed by atoms with Gasteiger partial charge in [0.15, 0.2) is 0 Å². The third-order valence-corrected chi connectivity index (χ3v) is 3.14. The van der Waals surface area contributed by atoms with E-state index in [2.05, 4.69) is 5.32 Å². The fourth-order valence-corrected chi connectivity index (χ4v) is 2.04. The summed E-state index contributed by atoms with van der Waals surface area (Å²) in [4.78, 5) is 12.2. The average Bonchev–Trinajstić information content (AvgIpc) is 2.40. The van der Waals surface area contributed by atoms with E-state index >= 15 is 0 Å². The zero-order valence-corrected chi connectivity index (χ0v) is 11.5. The lowest BCUT2D eigenvalue weighted by Gasteiger charge is -2.10. The molecule has 2 aromatic rings. The maximum absolute atomic E-state index is 13.8. The number of nitrogens with one attached hydrogen (secondary N) is 1. The van der Waals surface area contributed by atoms with Crippen LogP contribution in [0.1, 0.15) is 27.0 Å². The molecule has 0 fully saturated rings. The van der Waals surface area contributed by atoms with Gasteiger partial charge in [-0.2, -0.15) is 0 Å². The first-order valence-electron chi connectivity index (χ1n) is 6.38. The maximum atomic E-state index is 13.8. The van der Waals surface area contributed by atoms with Crippen LogP contribution in [0.25, 0.3) is 0 Å². The fraction of sp³-hybridized carbons (Fsp3) is 0.188. The van der Waals surface area contributed by atoms with Crippen LogP contribution in [0, 0.1) is 19.7 Å². The molecule has 0 aliphatic rings. The molecule has 2 aromatic carbocycles. The van der Waals surface area contributed by atoms with Crippen LogP contribution >= 0.6 is 0 Å². The van der Waals surface area contributed by atoms with Gasteiger partial charge in [-0.05, 0) is 43.2 Å². The highest BCUT2D eigenvalue weighted by atomic mass is 19.1. The molecule has 0 aromatic heterocycles. The number of nitrogens with two attached hydrogens (primary N) is 1. The molecule has 2 rings (SSSR count). The Morgan fingerprint density at radius 2 is 1.95 bits per heavy atom. The highest BCUT2D eigenvalue weighted by Crippen LogP contribution is 2.18. The summed E-state index contributed by atoms with van der Waals surface area (Å²) < 4.78 is 13.8. The molecule has 3 N–H and O–H groups in total. The molecule has 3 nitrogen and oxygen atoms in total. The van der Waals surface area contributed by atoms with E-state index in [1.165, 1.54) is 12.1 Å². The zero-order chi connectivity index (χ0) is 14.7. The second-order valence-corrected chi connectivity index (χ2v) is 4.79. The third-order valence-electron chi connectivity index (χ3n) is 3.14. The van der Waals surface area contributed by atoms with Gasteiger partial charge >= 0.3 is 0 Å². The molecular formula is C16H17FN2O. The van der Waals surface area contributed by atoms with E-state index in [0.29, 0.717) is 11.1 Å². The van der Waals surface area contributed by atoms with Crippen molar-refractivity contribution in [1.29, 1.82) is 0 Å². The van der Waals surface area contributed by atoms with Gasteiger partial charge in [0.2, 0.25) is 0 Å². The topological polar surface area (TPSA) is 55.1 Å². The minimum Gasteiger partial charge on any atom is -0.326 e. The monoisotopic (exact) mass is 272 g/mol. The molecule has 0 aliphatic heterocycles. The standard InChI is InChI=1S/C16H17FN2O/c1-10-3-5-13(11(2)7-10)16(20)19-15-6-4-12(9-18)8-14(15)17/h3-8H,9,18H2,1-2H3,(H,19,20). The van der Waals surface area contributed by atoms with Crippen molar-refractivity contribution in [2.75, 3.05) is 5.32 Å². The normalized spacial score (nSPS) is 10.4. The molecule has 0 unspecified atom stereocenters. The minimum atomic E-state index is -0.480. The smallest absolute Gasteiger partial charge is 0.256 e. The molecular weight excluding hydrogens is 255 g/mol. The highest BCUT2D eigenvalue weighted by Gasteiger charge is 2.11. The van der Waals surface area contributed by atoms with E-state index in [1.807, 2.05) is 26.0 Å². The Labute approximate surface area is 117 Å².